The number of rotatable bonds is 1. The molecule has 0 aromatic heterocycles. The van der Waals surface area contributed by atoms with E-state index in [2.05, 4.69) is 77.7 Å². The summed E-state index contributed by atoms with van der Waals surface area (Å²) in [5.74, 6) is 0.385. The number of nitrogens with zero attached hydrogens (tertiary/aromatic N) is 1. The van der Waals surface area contributed by atoms with Crippen LogP contribution in [-0.4, -0.2) is 6.04 Å². The van der Waals surface area contributed by atoms with Crippen molar-refractivity contribution in [3.8, 4) is 0 Å². The molecule has 0 radical (unpaired) electrons. The molecule has 1 aliphatic carbocycles. The van der Waals surface area contributed by atoms with Crippen molar-refractivity contribution in [2.75, 3.05) is 4.90 Å². The van der Waals surface area contributed by atoms with Crippen LogP contribution in [0, 0.1) is 12.1 Å². The van der Waals surface area contributed by atoms with Crippen LogP contribution in [0.15, 0.2) is 72.8 Å². The predicted octanol–water partition coefficient (Wildman–Crippen LogP) is 5.82. The monoisotopic (exact) mass is 327 g/mol. The molecule has 3 aromatic carbocycles. The fraction of sp³-hybridized carbons (Fsp3) is 0.0909. The van der Waals surface area contributed by atoms with Crippen LogP contribution in [0.3, 0.4) is 0 Å². The van der Waals surface area contributed by atoms with Gasteiger partial charge in [-0.25, -0.2) is 0 Å². The summed E-state index contributed by atoms with van der Waals surface area (Å²) in [6.45, 7) is 0. The van der Waals surface area contributed by atoms with E-state index in [9.17, 15) is 0 Å². The maximum absolute atomic E-state index is 6.38. The summed E-state index contributed by atoms with van der Waals surface area (Å²) in [7, 11) is 0. The predicted molar refractivity (Wildman–Crippen MR) is 100 cm³/mol. The van der Waals surface area contributed by atoms with E-state index in [1.807, 2.05) is 12.1 Å². The van der Waals surface area contributed by atoms with Crippen molar-refractivity contribution in [2.24, 2.45) is 0 Å². The van der Waals surface area contributed by atoms with Crippen molar-refractivity contribution in [3.63, 3.8) is 0 Å². The number of fused-ring (bicyclic) bond motifs is 4. The summed E-state index contributed by atoms with van der Waals surface area (Å²) >= 11 is 6.38. The number of anilines is 2. The molecule has 2 atom stereocenters. The number of allylic oxidation sites excluding steroid dienone is 2. The SMILES string of the molecule is Clc1ccc(N2c3ccccc3C3C=CC=CC32)c2ccc#cc12. The average molecular weight is 328 g/mol. The molecule has 24 heavy (non-hydrogen) atoms. The number of benzene rings is 2. The van der Waals surface area contributed by atoms with E-state index in [0.29, 0.717) is 17.0 Å². The Hall–Kier alpha value is -2.69. The summed E-state index contributed by atoms with van der Waals surface area (Å²) in [6.07, 6.45) is 8.85. The van der Waals surface area contributed by atoms with E-state index in [1.54, 1.807) is 0 Å². The van der Waals surface area contributed by atoms with Gasteiger partial charge >= 0.3 is 0 Å². The van der Waals surface area contributed by atoms with Gasteiger partial charge in [-0.1, -0.05) is 66.2 Å². The van der Waals surface area contributed by atoms with Gasteiger partial charge in [0, 0.05) is 17.0 Å². The summed E-state index contributed by atoms with van der Waals surface area (Å²) in [5.41, 5.74) is 3.80. The Morgan fingerprint density at radius 3 is 2.75 bits per heavy atom. The number of halogens is 1. The van der Waals surface area contributed by atoms with E-state index in [4.69, 9.17) is 11.6 Å². The molecule has 0 bridgehead atoms. The molecule has 114 valence electrons. The highest BCUT2D eigenvalue weighted by Gasteiger charge is 2.37. The topological polar surface area (TPSA) is 3.24 Å². The average Bonchev–Trinajstić information content (AvgIpc) is 2.97. The van der Waals surface area contributed by atoms with Gasteiger partial charge in [0.1, 0.15) is 0 Å². The smallest absolute Gasteiger partial charge is 0.0629 e. The van der Waals surface area contributed by atoms with Gasteiger partial charge in [0.15, 0.2) is 0 Å². The molecule has 3 aromatic rings. The second kappa shape index (κ2) is 5.16. The van der Waals surface area contributed by atoms with E-state index in [-0.39, 0.29) is 0 Å². The Labute approximate surface area is 146 Å². The molecule has 2 aliphatic rings. The lowest BCUT2D eigenvalue weighted by Crippen LogP contribution is -2.28. The van der Waals surface area contributed by atoms with Crippen LogP contribution in [0.4, 0.5) is 11.4 Å². The van der Waals surface area contributed by atoms with Gasteiger partial charge in [-0.05, 0) is 35.9 Å². The summed E-state index contributed by atoms with van der Waals surface area (Å²) in [4.78, 5) is 2.42. The van der Waals surface area contributed by atoms with Crippen LogP contribution in [0.2, 0.25) is 5.02 Å². The molecule has 1 nitrogen and oxygen atoms in total. The fourth-order valence-electron chi connectivity index (χ4n) is 3.90. The summed E-state index contributed by atoms with van der Waals surface area (Å²) in [6, 6.07) is 23.2. The molecule has 1 aliphatic heterocycles. The molecule has 0 fully saturated rings. The lowest BCUT2D eigenvalue weighted by atomic mass is 9.91. The van der Waals surface area contributed by atoms with Gasteiger partial charge in [-0.15, -0.1) is 0 Å². The van der Waals surface area contributed by atoms with Crippen molar-refractivity contribution >= 4 is 33.7 Å². The fourth-order valence-corrected chi connectivity index (χ4v) is 4.11. The molecular formula is C22H14ClN. The highest BCUT2D eigenvalue weighted by Crippen LogP contribution is 2.49. The first-order chi connectivity index (χ1) is 11.8. The van der Waals surface area contributed by atoms with Crippen molar-refractivity contribution in [1.29, 1.82) is 0 Å². The van der Waals surface area contributed by atoms with Gasteiger partial charge in [-0.2, -0.15) is 0 Å². The number of para-hydroxylation sites is 1. The first-order valence-electron chi connectivity index (χ1n) is 8.08. The summed E-state index contributed by atoms with van der Waals surface area (Å²) in [5, 5.41) is 2.75. The Kier molecular flexibility index (Phi) is 2.95. The van der Waals surface area contributed by atoms with E-state index < -0.39 is 0 Å². The Morgan fingerprint density at radius 2 is 1.79 bits per heavy atom. The van der Waals surface area contributed by atoms with Crippen molar-refractivity contribution in [2.45, 2.75) is 12.0 Å². The van der Waals surface area contributed by atoms with Crippen LogP contribution in [0.1, 0.15) is 11.5 Å². The van der Waals surface area contributed by atoms with Crippen LogP contribution in [0.25, 0.3) is 10.8 Å². The van der Waals surface area contributed by atoms with Crippen LogP contribution in [-0.2, 0) is 0 Å². The first-order valence-corrected chi connectivity index (χ1v) is 8.46. The Morgan fingerprint density at radius 1 is 0.917 bits per heavy atom. The van der Waals surface area contributed by atoms with Crippen molar-refractivity contribution in [1.82, 2.24) is 0 Å². The zero-order chi connectivity index (χ0) is 16.1. The second-order valence-electron chi connectivity index (χ2n) is 6.17. The third-order valence-corrected chi connectivity index (χ3v) is 5.24. The highest BCUT2D eigenvalue weighted by molar-refractivity contribution is 6.36. The normalized spacial score (nSPS) is 20.8. The van der Waals surface area contributed by atoms with Crippen molar-refractivity contribution in [3.05, 3.63) is 95.6 Å². The number of hydrogen-bond acceptors (Lipinski definition) is 1. The van der Waals surface area contributed by atoms with E-state index in [1.165, 1.54) is 16.9 Å². The molecule has 0 spiro atoms. The molecule has 0 saturated carbocycles. The molecular weight excluding hydrogens is 314 g/mol. The largest absolute Gasteiger partial charge is 0.333 e. The molecule has 1 heterocycles. The first kappa shape index (κ1) is 13.7. The molecule has 0 amide bonds. The van der Waals surface area contributed by atoms with Crippen LogP contribution >= 0.6 is 11.6 Å². The molecule has 0 N–H and O–H groups in total. The quantitative estimate of drug-likeness (QED) is 0.544. The molecule has 2 heteroatoms. The van der Waals surface area contributed by atoms with E-state index >= 15 is 0 Å². The van der Waals surface area contributed by atoms with Crippen LogP contribution in [0.5, 0.6) is 0 Å². The molecule has 5 rings (SSSR count). The van der Waals surface area contributed by atoms with E-state index in [0.717, 1.165) is 10.8 Å². The van der Waals surface area contributed by atoms with Crippen LogP contribution < -0.4 is 4.90 Å². The van der Waals surface area contributed by atoms with Gasteiger partial charge < -0.3 is 4.90 Å². The van der Waals surface area contributed by atoms with Gasteiger partial charge in [0.05, 0.1) is 22.1 Å². The Balaban J connectivity index is 1.79. The maximum atomic E-state index is 6.38. The third-order valence-electron chi connectivity index (χ3n) is 4.92. The van der Waals surface area contributed by atoms with Gasteiger partial charge in [-0.3, -0.25) is 0 Å². The summed E-state index contributed by atoms with van der Waals surface area (Å²) < 4.78 is 0. The minimum absolute atomic E-state index is 0.293. The lowest BCUT2D eigenvalue weighted by Gasteiger charge is -2.29. The highest BCUT2D eigenvalue weighted by atomic mass is 35.5. The lowest BCUT2D eigenvalue weighted by molar-refractivity contribution is 0.746. The minimum Gasteiger partial charge on any atom is -0.333 e. The minimum atomic E-state index is 0.293. The van der Waals surface area contributed by atoms with Gasteiger partial charge in [0.25, 0.3) is 0 Å². The zero-order valence-electron chi connectivity index (χ0n) is 12.9. The molecule has 2 unspecified atom stereocenters. The standard InChI is InChI=1S/C22H14ClN/c23-19-13-14-22(16-8-2-1-7-15(16)19)24-20-11-5-3-9-17(20)18-10-4-6-12-21(18)24/h2-6,8-14,17,20H. The van der Waals surface area contributed by atoms with Crippen molar-refractivity contribution < 1.29 is 0 Å². The zero-order valence-corrected chi connectivity index (χ0v) is 13.7. The maximum Gasteiger partial charge on any atom is 0.0629 e. The molecule has 0 saturated heterocycles. The number of hydrogen-bond donors (Lipinski definition) is 0. The third kappa shape index (κ3) is 1.84. The second-order valence-corrected chi connectivity index (χ2v) is 6.58. The Bertz CT molecular complexity index is 1000. The van der Waals surface area contributed by atoms with Gasteiger partial charge in [0.2, 0.25) is 0 Å².